The predicted molar refractivity (Wildman–Crippen MR) is 47.1 cm³/mol. The fourth-order valence-corrected chi connectivity index (χ4v) is 1.08. The van der Waals surface area contributed by atoms with Crippen LogP contribution < -0.4 is 0 Å². The van der Waals surface area contributed by atoms with Crippen molar-refractivity contribution in [3.8, 4) is 0 Å². The van der Waals surface area contributed by atoms with Crippen LogP contribution in [0, 0.1) is 11.8 Å². The summed E-state index contributed by atoms with van der Waals surface area (Å²) in [5, 5.41) is 0. The molecule has 2 unspecified atom stereocenters. The molecule has 1 heteroatoms. The van der Waals surface area contributed by atoms with E-state index < -0.39 is 0 Å². The highest BCUT2D eigenvalue weighted by Gasteiger charge is 2.03. The van der Waals surface area contributed by atoms with Crippen LogP contribution in [-0.2, 0) is 0 Å². The largest absolute Gasteiger partial charge is 0.179 e. The average Bonchev–Trinajstić information content (AvgIpc) is 1.87. The summed E-state index contributed by atoms with van der Waals surface area (Å²) in [7, 11) is 0. The van der Waals surface area contributed by atoms with Gasteiger partial charge < -0.3 is 0 Å². The summed E-state index contributed by atoms with van der Waals surface area (Å²) in [5.74, 6) is 2.71. The van der Waals surface area contributed by atoms with Crippen LogP contribution in [0.4, 0.5) is 0 Å². The van der Waals surface area contributed by atoms with Crippen molar-refractivity contribution < 1.29 is 0 Å². The molecule has 0 radical (unpaired) electrons. The second-order valence-electron chi connectivity index (χ2n) is 3.04. The lowest BCUT2D eigenvalue weighted by Gasteiger charge is -2.12. The van der Waals surface area contributed by atoms with Gasteiger partial charge >= 0.3 is 0 Å². The Bertz CT molecular complexity index is 53.6. The van der Waals surface area contributed by atoms with Gasteiger partial charge in [0.2, 0.25) is 0 Å². The topological polar surface area (TPSA) is 0 Å². The smallest absolute Gasteiger partial charge is 0.00720 e. The van der Waals surface area contributed by atoms with E-state index in [0.29, 0.717) is 0 Å². The van der Waals surface area contributed by atoms with E-state index >= 15 is 0 Å². The van der Waals surface area contributed by atoms with E-state index in [0.717, 1.165) is 17.6 Å². The third-order valence-corrected chi connectivity index (χ3v) is 2.44. The van der Waals surface area contributed by atoms with Gasteiger partial charge in [-0.05, 0) is 24.0 Å². The van der Waals surface area contributed by atoms with E-state index in [1.807, 2.05) is 0 Å². The number of thiol groups is 1. The van der Waals surface area contributed by atoms with E-state index in [2.05, 4.69) is 33.4 Å². The molecule has 2 atom stereocenters. The molecule has 0 spiro atoms. The molecule has 0 aliphatic heterocycles. The second-order valence-corrected chi connectivity index (χ2v) is 3.40. The quantitative estimate of drug-likeness (QED) is 0.579. The maximum Gasteiger partial charge on any atom is -0.00720 e. The standard InChI is InChI=1S/C8H18S/c1-4-7(2)5-8(3)6-9/h7-9H,4-6H2,1-3H3. The van der Waals surface area contributed by atoms with E-state index in [1.54, 1.807) is 0 Å². The minimum Gasteiger partial charge on any atom is -0.179 e. The van der Waals surface area contributed by atoms with Gasteiger partial charge in [-0.1, -0.05) is 27.2 Å². The van der Waals surface area contributed by atoms with Crippen molar-refractivity contribution in [2.24, 2.45) is 11.8 Å². The summed E-state index contributed by atoms with van der Waals surface area (Å²) >= 11 is 4.23. The zero-order valence-electron chi connectivity index (χ0n) is 6.72. The first-order valence-corrected chi connectivity index (χ1v) is 4.44. The molecule has 0 saturated heterocycles. The van der Waals surface area contributed by atoms with Crippen molar-refractivity contribution >= 4 is 12.6 Å². The lowest BCUT2D eigenvalue weighted by molar-refractivity contribution is 0.434. The molecular formula is C8H18S. The Morgan fingerprint density at radius 2 is 1.78 bits per heavy atom. The first kappa shape index (κ1) is 9.35. The Hall–Kier alpha value is 0.350. The molecule has 0 rings (SSSR count). The van der Waals surface area contributed by atoms with Crippen LogP contribution in [0.3, 0.4) is 0 Å². The normalized spacial score (nSPS) is 17.3. The highest BCUT2D eigenvalue weighted by atomic mass is 32.1. The molecule has 0 aliphatic carbocycles. The first-order chi connectivity index (χ1) is 4.20. The first-order valence-electron chi connectivity index (χ1n) is 3.81. The molecule has 9 heavy (non-hydrogen) atoms. The van der Waals surface area contributed by atoms with Gasteiger partial charge in [0, 0.05) is 0 Å². The van der Waals surface area contributed by atoms with Gasteiger partial charge in [0.25, 0.3) is 0 Å². The minimum absolute atomic E-state index is 0.795. The molecule has 0 aromatic carbocycles. The number of hydrogen-bond donors (Lipinski definition) is 1. The van der Waals surface area contributed by atoms with E-state index in [1.165, 1.54) is 12.8 Å². The van der Waals surface area contributed by atoms with Gasteiger partial charge in [-0.15, -0.1) is 0 Å². The summed E-state index contributed by atoms with van der Waals surface area (Å²) in [6, 6.07) is 0. The minimum atomic E-state index is 0.795. The third-order valence-electron chi connectivity index (χ3n) is 1.81. The van der Waals surface area contributed by atoms with Gasteiger partial charge in [0.1, 0.15) is 0 Å². The molecule has 0 heterocycles. The molecule has 0 aliphatic rings. The third kappa shape index (κ3) is 4.83. The van der Waals surface area contributed by atoms with Crippen LogP contribution in [0.2, 0.25) is 0 Å². The van der Waals surface area contributed by atoms with E-state index in [-0.39, 0.29) is 0 Å². The highest BCUT2D eigenvalue weighted by Crippen LogP contribution is 2.14. The van der Waals surface area contributed by atoms with Crippen LogP contribution in [-0.4, -0.2) is 5.75 Å². The molecule has 0 aromatic rings. The van der Waals surface area contributed by atoms with E-state index in [4.69, 9.17) is 0 Å². The van der Waals surface area contributed by atoms with Gasteiger partial charge in [-0.2, -0.15) is 12.6 Å². The van der Waals surface area contributed by atoms with Crippen molar-refractivity contribution in [2.75, 3.05) is 5.75 Å². The summed E-state index contributed by atoms with van der Waals surface area (Å²) < 4.78 is 0. The fourth-order valence-electron chi connectivity index (χ4n) is 0.928. The lowest BCUT2D eigenvalue weighted by Crippen LogP contribution is -2.02. The molecule has 56 valence electrons. The lowest BCUT2D eigenvalue weighted by atomic mass is 9.97. The molecule has 0 saturated carbocycles. The molecule has 0 fully saturated rings. The van der Waals surface area contributed by atoms with Crippen LogP contribution in [0.1, 0.15) is 33.6 Å². The monoisotopic (exact) mass is 146 g/mol. The summed E-state index contributed by atoms with van der Waals surface area (Å²) in [4.78, 5) is 0. The van der Waals surface area contributed by atoms with Crippen LogP contribution in [0.25, 0.3) is 0 Å². The Balaban J connectivity index is 3.22. The van der Waals surface area contributed by atoms with Crippen molar-refractivity contribution in [3.05, 3.63) is 0 Å². The second kappa shape index (κ2) is 5.16. The molecule has 0 bridgehead atoms. The van der Waals surface area contributed by atoms with Gasteiger partial charge in [-0.25, -0.2) is 0 Å². The Morgan fingerprint density at radius 3 is 2.11 bits per heavy atom. The maximum absolute atomic E-state index is 4.23. The van der Waals surface area contributed by atoms with E-state index in [9.17, 15) is 0 Å². The van der Waals surface area contributed by atoms with Gasteiger partial charge in [0.15, 0.2) is 0 Å². The number of rotatable bonds is 4. The maximum atomic E-state index is 4.23. The Morgan fingerprint density at radius 1 is 1.22 bits per heavy atom. The Labute approximate surface area is 64.4 Å². The fraction of sp³-hybridized carbons (Fsp3) is 1.00. The molecule has 0 nitrogen and oxygen atoms in total. The molecule has 0 N–H and O–H groups in total. The summed E-state index contributed by atoms with van der Waals surface area (Å²) in [5.41, 5.74) is 0. The van der Waals surface area contributed by atoms with Crippen LogP contribution in [0.5, 0.6) is 0 Å². The van der Waals surface area contributed by atoms with Crippen LogP contribution in [0.15, 0.2) is 0 Å². The summed E-state index contributed by atoms with van der Waals surface area (Å²) in [6.07, 6.45) is 2.64. The van der Waals surface area contributed by atoms with Crippen molar-refractivity contribution in [2.45, 2.75) is 33.6 Å². The Kier molecular flexibility index (Phi) is 5.36. The van der Waals surface area contributed by atoms with Crippen molar-refractivity contribution in [1.29, 1.82) is 0 Å². The number of hydrogen-bond acceptors (Lipinski definition) is 1. The van der Waals surface area contributed by atoms with Crippen LogP contribution >= 0.6 is 12.6 Å². The average molecular weight is 146 g/mol. The SMILES string of the molecule is CCC(C)CC(C)CS. The zero-order chi connectivity index (χ0) is 7.28. The van der Waals surface area contributed by atoms with Crippen molar-refractivity contribution in [1.82, 2.24) is 0 Å². The zero-order valence-corrected chi connectivity index (χ0v) is 7.62. The van der Waals surface area contributed by atoms with Gasteiger partial charge in [-0.3, -0.25) is 0 Å². The summed E-state index contributed by atoms with van der Waals surface area (Å²) in [6.45, 7) is 6.81. The highest BCUT2D eigenvalue weighted by molar-refractivity contribution is 7.80. The van der Waals surface area contributed by atoms with Crippen molar-refractivity contribution in [3.63, 3.8) is 0 Å². The molecular weight excluding hydrogens is 128 g/mol. The molecule has 0 aromatic heterocycles. The molecule has 0 amide bonds. The van der Waals surface area contributed by atoms with Gasteiger partial charge in [0.05, 0.1) is 0 Å². The predicted octanol–water partition coefficient (Wildman–Crippen LogP) is 2.99.